The van der Waals surface area contributed by atoms with Crippen molar-refractivity contribution in [3.8, 4) is 11.3 Å². The molecule has 56 valence electrons. The number of rotatable bonds is 1. The molecule has 0 fully saturated rings. The van der Waals surface area contributed by atoms with Crippen molar-refractivity contribution >= 4 is 0 Å². The lowest BCUT2D eigenvalue weighted by Crippen LogP contribution is -1.72. The standard InChI is InChI=1S/C9H8O2/c10-6-7-4-8-2-1-3-11-9(8)5-7/h1-5,10H,6H2. The predicted octanol–water partition coefficient (Wildman–Crippen LogP) is 1.88. The smallest absolute Gasteiger partial charge is 0.134 e. The SMILES string of the molecule is OCc1cc2cccoc-2c1. The summed E-state index contributed by atoms with van der Waals surface area (Å²) in [6, 6.07) is 7.55. The molecule has 2 aliphatic rings. The summed E-state index contributed by atoms with van der Waals surface area (Å²) in [7, 11) is 0. The maximum absolute atomic E-state index is 8.80. The van der Waals surface area contributed by atoms with Crippen LogP contribution in [0.15, 0.2) is 34.9 Å². The summed E-state index contributed by atoms with van der Waals surface area (Å²) in [6.45, 7) is 0.0736. The predicted molar refractivity (Wildman–Crippen MR) is 41.3 cm³/mol. The molecule has 0 bridgehead atoms. The highest BCUT2D eigenvalue weighted by Crippen LogP contribution is 2.25. The van der Waals surface area contributed by atoms with Crippen molar-refractivity contribution in [2.24, 2.45) is 0 Å². The first-order valence-corrected chi connectivity index (χ1v) is 3.47. The summed E-state index contributed by atoms with van der Waals surface area (Å²) in [4.78, 5) is 0. The molecule has 1 heterocycles. The van der Waals surface area contributed by atoms with Crippen LogP contribution in [0.3, 0.4) is 0 Å². The topological polar surface area (TPSA) is 33.4 Å². The van der Waals surface area contributed by atoms with Crippen molar-refractivity contribution in [3.63, 3.8) is 0 Å². The number of hydrogen-bond donors (Lipinski definition) is 1. The van der Waals surface area contributed by atoms with Gasteiger partial charge in [-0.25, -0.2) is 0 Å². The van der Waals surface area contributed by atoms with Crippen molar-refractivity contribution in [2.75, 3.05) is 0 Å². The van der Waals surface area contributed by atoms with Crippen LogP contribution in [0.5, 0.6) is 0 Å². The maximum atomic E-state index is 8.80. The summed E-state index contributed by atoms with van der Waals surface area (Å²) in [5.41, 5.74) is 1.94. The molecule has 0 aromatic carbocycles. The van der Waals surface area contributed by atoms with Gasteiger partial charge in [0.05, 0.1) is 12.9 Å². The highest BCUT2D eigenvalue weighted by atomic mass is 16.3. The fourth-order valence-electron chi connectivity index (χ4n) is 1.14. The Labute approximate surface area is 64.4 Å². The van der Waals surface area contributed by atoms with Gasteiger partial charge < -0.3 is 9.52 Å². The highest BCUT2D eigenvalue weighted by Gasteiger charge is 2.05. The number of hydrogen-bond acceptors (Lipinski definition) is 2. The van der Waals surface area contributed by atoms with Crippen LogP contribution in [0.1, 0.15) is 5.56 Å². The van der Waals surface area contributed by atoms with Crippen LogP contribution in [-0.4, -0.2) is 5.11 Å². The van der Waals surface area contributed by atoms with Gasteiger partial charge in [-0.1, -0.05) is 0 Å². The van der Waals surface area contributed by atoms with Gasteiger partial charge in [-0.2, -0.15) is 0 Å². The Hall–Kier alpha value is -1.28. The minimum absolute atomic E-state index is 0.0736. The lowest BCUT2D eigenvalue weighted by molar-refractivity contribution is 0.282. The molecule has 2 nitrogen and oxygen atoms in total. The second-order valence-corrected chi connectivity index (χ2v) is 2.45. The molecule has 0 saturated heterocycles. The second kappa shape index (κ2) is 2.40. The quantitative estimate of drug-likeness (QED) is 0.669. The third-order valence-corrected chi connectivity index (χ3v) is 1.67. The Kier molecular flexibility index (Phi) is 1.40. The Bertz CT molecular complexity index is 294. The number of fused-ring (bicyclic) bond motifs is 1. The average Bonchev–Trinajstić information content (AvgIpc) is 2.46. The van der Waals surface area contributed by atoms with Gasteiger partial charge in [0.1, 0.15) is 5.76 Å². The fraction of sp³-hybridized carbons (Fsp3) is 0.111. The summed E-state index contributed by atoms with van der Waals surface area (Å²) < 4.78 is 5.18. The van der Waals surface area contributed by atoms with Gasteiger partial charge in [0.25, 0.3) is 0 Å². The lowest BCUT2D eigenvalue weighted by Gasteiger charge is -1.92. The first kappa shape index (κ1) is 6.43. The summed E-state index contributed by atoms with van der Waals surface area (Å²) in [6.07, 6.45) is 1.63. The molecule has 11 heavy (non-hydrogen) atoms. The zero-order valence-electron chi connectivity index (χ0n) is 5.95. The zero-order chi connectivity index (χ0) is 7.68. The summed E-state index contributed by atoms with van der Waals surface area (Å²) >= 11 is 0. The second-order valence-electron chi connectivity index (χ2n) is 2.45. The van der Waals surface area contributed by atoms with Gasteiger partial charge in [-0.15, -0.1) is 0 Å². The molecule has 1 aliphatic heterocycles. The number of aliphatic hydroxyl groups is 1. The fourth-order valence-corrected chi connectivity index (χ4v) is 1.14. The molecule has 0 spiro atoms. The van der Waals surface area contributed by atoms with E-state index < -0.39 is 0 Å². The first-order valence-electron chi connectivity index (χ1n) is 3.47. The Morgan fingerprint density at radius 3 is 3.00 bits per heavy atom. The van der Waals surface area contributed by atoms with Crippen molar-refractivity contribution in [1.29, 1.82) is 0 Å². The van der Waals surface area contributed by atoms with E-state index in [0.29, 0.717) is 0 Å². The largest absolute Gasteiger partial charge is 0.464 e. The third kappa shape index (κ3) is 1.01. The zero-order valence-corrected chi connectivity index (χ0v) is 5.95. The molecule has 2 rings (SSSR count). The molecular weight excluding hydrogens is 140 g/mol. The van der Waals surface area contributed by atoms with E-state index >= 15 is 0 Å². The molecule has 1 N–H and O–H groups in total. The van der Waals surface area contributed by atoms with Crippen molar-refractivity contribution in [1.82, 2.24) is 0 Å². The Morgan fingerprint density at radius 2 is 2.27 bits per heavy atom. The average molecular weight is 148 g/mol. The minimum Gasteiger partial charge on any atom is -0.464 e. The van der Waals surface area contributed by atoms with Gasteiger partial charge in [0.15, 0.2) is 0 Å². The van der Waals surface area contributed by atoms with Crippen LogP contribution in [0.4, 0.5) is 0 Å². The van der Waals surface area contributed by atoms with E-state index in [1.807, 2.05) is 24.3 Å². The van der Waals surface area contributed by atoms with Crippen LogP contribution < -0.4 is 0 Å². The Morgan fingerprint density at radius 1 is 1.36 bits per heavy atom. The van der Waals surface area contributed by atoms with Gasteiger partial charge in [0, 0.05) is 5.56 Å². The summed E-state index contributed by atoms with van der Waals surface area (Å²) in [5, 5.41) is 8.80. The van der Waals surface area contributed by atoms with E-state index in [2.05, 4.69) is 0 Å². The lowest BCUT2D eigenvalue weighted by atomic mass is 10.3. The van der Waals surface area contributed by atoms with Crippen molar-refractivity contribution in [2.45, 2.75) is 6.61 Å². The third-order valence-electron chi connectivity index (χ3n) is 1.67. The van der Waals surface area contributed by atoms with Gasteiger partial charge in [0.2, 0.25) is 0 Å². The van der Waals surface area contributed by atoms with E-state index in [4.69, 9.17) is 9.52 Å². The first-order chi connectivity index (χ1) is 5.40. The molecule has 1 aliphatic carbocycles. The Balaban J connectivity index is 2.60. The van der Waals surface area contributed by atoms with Crippen LogP contribution >= 0.6 is 0 Å². The monoisotopic (exact) mass is 148 g/mol. The van der Waals surface area contributed by atoms with E-state index in [-0.39, 0.29) is 6.61 Å². The van der Waals surface area contributed by atoms with Gasteiger partial charge >= 0.3 is 0 Å². The molecule has 0 unspecified atom stereocenters. The molecule has 0 saturated carbocycles. The van der Waals surface area contributed by atoms with E-state index in [1.54, 1.807) is 6.26 Å². The van der Waals surface area contributed by atoms with E-state index in [9.17, 15) is 0 Å². The molecule has 0 atom stereocenters. The van der Waals surface area contributed by atoms with Gasteiger partial charge in [-0.05, 0) is 29.8 Å². The molecule has 0 amide bonds. The minimum atomic E-state index is 0.0736. The molecule has 0 aromatic heterocycles. The number of aliphatic hydroxyl groups excluding tert-OH is 1. The molecule has 0 radical (unpaired) electrons. The van der Waals surface area contributed by atoms with Crippen LogP contribution in [0.25, 0.3) is 11.3 Å². The highest BCUT2D eigenvalue weighted by molar-refractivity contribution is 5.62. The van der Waals surface area contributed by atoms with Crippen LogP contribution in [0, 0.1) is 0 Å². The molecular formula is C9H8O2. The van der Waals surface area contributed by atoms with E-state index in [0.717, 1.165) is 16.9 Å². The maximum Gasteiger partial charge on any atom is 0.134 e. The normalized spacial score (nSPS) is 10.6. The van der Waals surface area contributed by atoms with Crippen LogP contribution in [0.2, 0.25) is 0 Å². The molecule has 2 heteroatoms. The summed E-state index contributed by atoms with van der Waals surface area (Å²) in [5.74, 6) is 0.830. The molecule has 0 aromatic rings. The van der Waals surface area contributed by atoms with Crippen LogP contribution in [-0.2, 0) is 6.61 Å². The van der Waals surface area contributed by atoms with Crippen molar-refractivity contribution < 1.29 is 9.52 Å². The van der Waals surface area contributed by atoms with Crippen molar-refractivity contribution in [3.05, 3.63) is 36.1 Å². The van der Waals surface area contributed by atoms with E-state index in [1.165, 1.54) is 0 Å². The van der Waals surface area contributed by atoms with Gasteiger partial charge in [-0.3, -0.25) is 0 Å².